The smallest absolute Gasteiger partial charge is 0.366 e. The van der Waals surface area contributed by atoms with E-state index in [-0.39, 0.29) is 19.1 Å². The van der Waals surface area contributed by atoms with Crippen molar-refractivity contribution >= 4 is 12.9 Å². The van der Waals surface area contributed by atoms with Crippen LogP contribution < -0.4 is 14.8 Å². The zero-order valence-corrected chi connectivity index (χ0v) is 16.6. The quantitative estimate of drug-likeness (QED) is 0.569. The van der Waals surface area contributed by atoms with Gasteiger partial charge in [0.25, 0.3) is 0 Å². The Labute approximate surface area is 155 Å². The van der Waals surface area contributed by atoms with Gasteiger partial charge in [-0.05, 0) is 44.5 Å². The second-order valence-corrected chi connectivity index (χ2v) is 7.40. The van der Waals surface area contributed by atoms with Gasteiger partial charge < -0.3 is 18.5 Å². The van der Waals surface area contributed by atoms with Crippen LogP contribution in [-0.4, -0.2) is 31.9 Å². The first kappa shape index (κ1) is 20.4. The number of aromatic nitrogens is 1. The molecule has 0 bridgehead atoms. The van der Waals surface area contributed by atoms with Gasteiger partial charge in [-0.15, -0.1) is 0 Å². The molecule has 0 saturated heterocycles. The van der Waals surface area contributed by atoms with E-state index in [2.05, 4.69) is 11.9 Å². The SMILES string of the molecule is CCCOc1ccccc1-c1ccc(P(=O)(OCC)OCC)c(OC)n1. The van der Waals surface area contributed by atoms with E-state index in [0.29, 0.717) is 17.6 Å². The van der Waals surface area contributed by atoms with E-state index in [4.69, 9.17) is 18.5 Å². The molecule has 1 heterocycles. The highest BCUT2D eigenvalue weighted by Gasteiger charge is 2.31. The van der Waals surface area contributed by atoms with Gasteiger partial charge in [0.05, 0.1) is 32.6 Å². The lowest BCUT2D eigenvalue weighted by atomic mass is 10.1. The average molecular weight is 379 g/mol. The molecule has 0 N–H and O–H groups in total. The van der Waals surface area contributed by atoms with E-state index >= 15 is 0 Å². The minimum absolute atomic E-state index is 0.220. The topological polar surface area (TPSA) is 66.9 Å². The second kappa shape index (κ2) is 9.72. The normalized spacial score (nSPS) is 11.4. The minimum Gasteiger partial charge on any atom is -0.493 e. The Kier molecular flexibility index (Phi) is 7.64. The zero-order chi connectivity index (χ0) is 19.0. The molecule has 1 aromatic heterocycles. The van der Waals surface area contributed by atoms with Crippen molar-refractivity contribution in [1.29, 1.82) is 0 Å². The predicted molar refractivity (Wildman–Crippen MR) is 103 cm³/mol. The van der Waals surface area contributed by atoms with E-state index in [9.17, 15) is 4.57 Å². The molecule has 0 aliphatic rings. The van der Waals surface area contributed by atoms with Gasteiger partial charge in [-0.3, -0.25) is 4.57 Å². The Hall–Kier alpha value is -1.88. The maximum Gasteiger partial charge on any atom is 0.366 e. The molecule has 142 valence electrons. The molecule has 0 spiro atoms. The molecule has 0 radical (unpaired) electrons. The van der Waals surface area contributed by atoms with E-state index in [0.717, 1.165) is 17.7 Å². The van der Waals surface area contributed by atoms with Gasteiger partial charge in [0.15, 0.2) is 0 Å². The average Bonchev–Trinajstić information content (AvgIpc) is 2.66. The molecule has 0 unspecified atom stereocenters. The summed E-state index contributed by atoms with van der Waals surface area (Å²) in [7, 11) is -2.00. The van der Waals surface area contributed by atoms with Crippen molar-refractivity contribution < 1.29 is 23.1 Å². The Balaban J connectivity index is 2.48. The molecular formula is C19H26NO5P. The number of rotatable bonds is 10. The summed E-state index contributed by atoms with van der Waals surface area (Å²) in [5.41, 5.74) is 1.50. The fourth-order valence-electron chi connectivity index (χ4n) is 2.47. The van der Waals surface area contributed by atoms with Crippen molar-refractivity contribution in [3.63, 3.8) is 0 Å². The molecule has 0 aliphatic carbocycles. The Morgan fingerprint density at radius 1 is 1.00 bits per heavy atom. The number of ether oxygens (including phenoxy) is 2. The molecule has 26 heavy (non-hydrogen) atoms. The van der Waals surface area contributed by atoms with Gasteiger partial charge in [-0.2, -0.15) is 0 Å². The zero-order valence-electron chi connectivity index (χ0n) is 15.7. The van der Waals surface area contributed by atoms with Crippen LogP contribution in [0.3, 0.4) is 0 Å². The summed E-state index contributed by atoms with van der Waals surface area (Å²) in [5.74, 6) is 0.965. The van der Waals surface area contributed by atoms with Crippen LogP contribution in [-0.2, 0) is 13.6 Å². The number of nitrogens with zero attached hydrogens (tertiary/aromatic N) is 1. The fourth-order valence-corrected chi connectivity index (χ4v) is 4.14. The Morgan fingerprint density at radius 2 is 1.69 bits per heavy atom. The third-order valence-corrected chi connectivity index (χ3v) is 5.68. The van der Waals surface area contributed by atoms with Crippen LogP contribution in [0.25, 0.3) is 11.3 Å². The molecule has 2 rings (SSSR count). The van der Waals surface area contributed by atoms with Crippen LogP contribution in [0.5, 0.6) is 11.6 Å². The van der Waals surface area contributed by atoms with Crippen molar-refractivity contribution in [1.82, 2.24) is 4.98 Å². The Morgan fingerprint density at radius 3 is 2.31 bits per heavy atom. The number of hydrogen-bond donors (Lipinski definition) is 0. The fraction of sp³-hybridized carbons (Fsp3) is 0.421. The highest BCUT2D eigenvalue weighted by atomic mass is 31.2. The van der Waals surface area contributed by atoms with E-state index in [1.807, 2.05) is 24.3 Å². The molecule has 0 aliphatic heterocycles. The summed E-state index contributed by atoms with van der Waals surface area (Å²) in [4.78, 5) is 4.53. The summed E-state index contributed by atoms with van der Waals surface area (Å²) in [6, 6.07) is 11.1. The van der Waals surface area contributed by atoms with Crippen LogP contribution in [0.2, 0.25) is 0 Å². The number of pyridine rings is 1. The minimum atomic E-state index is -3.49. The van der Waals surface area contributed by atoms with Gasteiger partial charge in [-0.1, -0.05) is 19.1 Å². The maximum absolute atomic E-state index is 13.1. The standard InChI is InChI=1S/C19H26NO5P/c1-5-14-23-17-11-9-8-10-15(17)16-12-13-18(19(20-16)22-4)26(21,24-6-2)25-7-3/h8-13H,5-7,14H2,1-4H3. The van der Waals surface area contributed by atoms with Crippen molar-refractivity contribution in [2.24, 2.45) is 0 Å². The Bertz CT molecular complexity index is 755. The number of benzene rings is 1. The van der Waals surface area contributed by atoms with Gasteiger partial charge >= 0.3 is 7.60 Å². The summed E-state index contributed by atoms with van der Waals surface area (Å²) in [6.07, 6.45) is 0.913. The van der Waals surface area contributed by atoms with Crippen molar-refractivity contribution in [3.05, 3.63) is 36.4 Å². The van der Waals surface area contributed by atoms with E-state index < -0.39 is 7.60 Å². The molecular weight excluding hydrogens is 353 g/mol. The van der Waals surface area contributed by atoms with Crippen LogP contribution in [0, 0.1) is 0 Å². The van der Waals surface area contributed by atoms with Gasteiger partial charge in [0.1, 0.15) is 11.1 Å². The lowest BCUT2D eigenvalue weighted by Gasteiger charge is -2.19. The maximum atomic E-state index is 13.1. The van der Waals surface area contributed by atoms with E-state index in [1.165, 1.54) is 7.11 Å². The largest absolute Gasteiger partial charge is 0.493 e. The van der Waals surface area contributed by atoms with Gasteiger partial charge in [0, 0.05) is 5.56 Å². The summed E-state index contributed by atoms with van der Waals surface area (Å²) < 4.78 is 35.1. The molecule has 7 heteroatoms. The molecule has 0 fully saturated rings. The third-order valence-electron chi connectivity index (χ3n) is 3.55. The van der Waals surface area contributed by atoms with Crippen molar-refractivity contribution in [3.8, 4) is 22.9 Å². The molecule has 6 nitrogen and oxygen atoms in total. The van der Waals surface area contributed by atoms with Crippen LogP contribution >= 0.6 is 7.60 Å². The number of methoxy groups -OCH3 is 1. The van der Waals surface area contributed by atoms with Gasteiger partial charge in [-0.25, -0.2) is 4.98 Å². The predicted octanol–water partition coefficient (Wildman–Crippen LogP) is 4.44. The lowest BCUT2D eigenvalue weighted by Crippen LogP contribution is -2.15. The molecule has 0 atom stereocenters. The number of para-hydroxylation sites is 1. The number of hydrogen-bond acceptors (Lipinski definition) is 6. The van der Waals surface area contributed by atoms with Gasteiger partial charge in [0.2, 0.25) is 5.88 Å². The molecule has 0 amide bonds. The second-order valence-electron chi connectivity index (χ2n) is 5.40. The van der Waals surface area contributed by atoms with E-state index in [1.54, 1.807) is 26.0 Å². The van der Waals surface area contributed by atoms with Crippen LogP contribution in [0.1, 0.15) is 27.2 Å². The first-order valence-corrected chi connectivity index (χ1v) is 10.3. The molecule has 0 saturated carbocycles. The lowest BCUT2D eigenvalue weighted by molar-refractivity contribution is 0.229. The van der Waals surface area contributed by atoms with Crippen LogP contribution in [0.4, 0.5) is 0 Å². The molecule has 2 aromatic rings. The third kappa shape index (κ3) is 4.64. The molecule has 1 aromatic carbocycles. The van der Waals surface area contributed by atoms with Crippen molar-refractivity contribution in [2.75, 3.05) is 26.9 Å². The monoisotopic (exact) mass is 379 g/mol. The van der Waals surface area contributed by atoms with Crippen molar-refractivity contribution in [2.45, 2.75) is 27.2 Å². The summed E-state index contributed by atoms with van der Waals surface area (Å²) in [5, 5.41) is 0.319. The first-order valence-electron chi connectivity index (χ1n) is 8.76. The highest BCUT2D eigenvalue weighted by molar-refractivity contribution is 7.62. The first-order chi connectivity index (χ1) is 12.6. The summed E-state index contributed by atoms with van der Waals surface area (Å²) in [6.45, 7) is 6.72. The summed E-state index contributed by atoms with van der Waals surface area (Å²) >= 11 is 0. The highest BCUT2D eigenvalue weighted by Crippen LogP contribution is 2.49. The van der Waals surface area contributed by atoms with Crippen LogP contribution in [0.15, 0.2) is 36.4 Å².